The first-order valence-corrected chi connectivity index (χ1v) is 7.74. The summed E-state index contributed by atoms with van der Waals surface area (Å²) >= 11 is 3.42. The third kappa shape index (κ3) is 4.34. The van der Waals surface area contributed by atoms with Gasteiger partial charge in [-0.25, -0.2) is 0 Å². The van der Waals surface area contributed by atoms with Crippen molar-refractivity contribution >= 4 is 34.2 Å². The first kappa shape index (κ1) is 18.3. The molecule has 4 nitrogen and oxygen atoms in total. The zero-order valence-corrected chi connectivity index (χ0v) is 14.7. The molecule has 21 heavy (non-hydrogen) atoms. The molecule has 0 radical (unpaired) electrons. The molecular formula is C15H22BrClN2O2. The van der Waals surface area contributed by atoms with Crippen LogP contribution in [0.15, 0.2) is 28.7 Å². The van der Waals surface area contributed by atoms with E-state index in [0.717, 1.165) is 17.4 Å². The predicted molar refractivity (Wildman–Crippen MR) is 89.8 cm³/mol. The van der Waals surface area contributed by atoms with Gasteiger partial charge in [0.05, 0.1) is 4.47 Å². The van der Waals surface area contributed by atoms with Crippen molar-refractivity contribution in [3.8, 4) is 5.75 Å². The number of nitrogens with two attached hydrogens (primary N) is 1. The van der Waals surface area contributed by atoms with E-state index in [4.69, 9.17) is 10.5 Å². The van der Waals surface area contributed by atoms with Gasteiger partial charge in [-0.3, -0.25) is 4.79 Å². The van der Waals surface area contributed by atoms with E-state index in [1.165, 1.54) is 0 Å². The maximum absolute atomic E-state index is 12.5. The van der Waals surface area contributed by atoms with Crippen molar-refractivity contribution in [2.45, 2.75) is 32.4 Å². The second kappa shape index (κ2) is 8.01. The number of rotatable bonds is 4. The number of amides is 1. The van der Waals surface area contributed by atoms with Crippen molar-refractivity contribution < 1.29 is 9.53 Å². The number of ether oxygens (including phenoxy) is 1. The lowest BCUT2D eigenvalue weighted by molar-refractivity contribution is -0.138. The van der Waals surface area contributed by atoms with E-state index < -0.39 is 6.10 Å². The Labute approximate surface area is 140 Å². The number of halogens is 2. The second-order valence-corrected chi connectivity index (χ2v) is 6.22. The van der Waals surface area contributed by atoms with E-state index in [1.807, 2.05) is 29.2 Å². The maximum Gasteiger partial charge on any atom is 0.263 e. The fraction of sp³-hybridized carbons (Fsp3) is 0.533. The van der Waals surface area contributed by atoms with E-state index in [0.29, 0.717) is 18.2 Å². The van der Waals surface area contributed by atoms with Gasteiger partial charge in [-0.15, -0.1) is 12.4 Å². The van der Waals surface area contributed by atoms with Gasteiger partial charge >= 0.3 is 0 Å². The molecule has 1 aromatic carbocycles. The summed E-state index contributed by atoms with van der Waals surface area (Å²) in [5.41, 5.74) is 5.70. The average molecular weight is 378 g/mol. The summed E-state index contributed by atoms with van der Waals surface area (Å²) in [6.45, 7) is 5.23. The second-order valence-electron chi connectivity index (χ2n) is 5.37. The number of carbonyl (C=O) groups excluding carboxylic acids is 1. The molecule has 1 heterocycles. The van der Waals surface area contributed by atoms with Gasteiger partial charge in [-0.2, -0.15) is 0 Å². The zero-order valence-electron chi connectivity index (χ0n) is 12.3. The van der Waals surface area contributed by atoms with Crippen molar-refractivity contribution in [3.05, 3.63) is 28.7 Å². The number of nitrogens with zero attached hydrogens (tertiary/aromatic N) is 1. The molecule has 1 aliphatic rings. The first-order valence-electron chi connectivity index (χ1n) is 6.94. The molecule has 0 saturated carbocycles. The highest BCUT2D eigenvalue weighted by Gasteiger charge is 2.34. The molecule has 2 rings (SSSR count). The van der Waals surface area contributed by atoms with Gasteiger partial charge in [0.15, 0.2) is 6.10 Å². The SMILES string of the molecule is CC(Oc1ccccc1Br)C(=O)N1CC(CN)CC1C.Cl. The quantitative estimate of drug-likeness (QED) is 0.878. The molecule has 1 saturated heterocycles. The van der Waals surface area contributed by atoms with Crippen LogP contribution in [0, 0.1) is 5.92 Å². The Bertz CT molecular complexity index is 486. The Morgan fingerprint density at radius 3 is 2.76 bits per heavy atom. The molecule has 6 heteroatoms. The molecule has 0 spiro atoms. The van der Waals surface area contributed by atoms with Gasteiger partial charge in [0.1, 0.15) is 5.75 Å². The summed E-state index contributed by atoms with van der Waals surface area (Å²) in [7, 11) is 0. The molecule has 1 amide bonds. The summed E-state index contributed by atoms with van der Waals surface area (Å²) in [5.74, 6) is 1.13. The lowest BCUT2D eigenvalue weighted by Gasteiger charge is -2.25. The third-order valence-electron chi connectivity index (χ3n) is 3.77. The van der Waals surface area contributed by atoms with Crippen LogP contribution in [0.1, 0.15) is 20.3 Å². The lowest BCUT2D eigenvalue weighted by Crippen LogP contribution is -2.42. The maximum atomic E-state index is 12.5. The van der Waals surface area contributed by atoms with Crippen molar-refractivity contribution in [2.24, 2.45) is 11.7 Å². The van der Waals surface area contributed by atoms with E-state index in [9.17, 15) is 4.79 Å². The topological polar surface area (TPSA) is 55.6 Å². The first-order chi connectivity index (χ1) is 9.52. The Morgan fingerprint density at radius 1 is 1.52 bits per heavy atom. The van der Waals surface area contributed by atoms with Crippen molar-refractivity contribution in [2.75, 3.05) is 13.1 Å². The van der Waals surface area contributed by atoms with Gasteiger partial charge < -0.3 is 15.4 Å². The lowest BCUT2D eigenvalue weighted by atomic mass is 10.1. The fourth-order valence-corrected chi connectivity index (χ4v) is 3.01. The molecule has 1 aromatic rings. The number of hydrogen-bond donors (Lipinski definition) is 1. The summed E-state index contributed by atoms with van der Waals surface area (Å²) in [6.07, 6.45) is 0.483. The molecule has 0 bridgehead atoms. The Kier molecular flexibility index (Phi) is 6.97. The van der Waals surface area contributed by atoms with Crippen LogP contribution in [0.2, 0.25) is 0 Å². The van der Waals surface area contributed by atoms with E-state index in [-0.39, 0.29) is 24.4 Å². The summed E-state index contributed by atoms with van der Waals surface area (Å²) < 4.78 is 6.62. The summed E-state index contributed by atoms with van der Waals surface area (Å²) in [6, 6.07) is 7.79. The molecule has 0 aromatic heterocycles. The molecular weight excluding hydrogens is 356 g/mol. The molecule has 3 atom stereocenters. The van der Waals surface area contributed by atoms with E-state index >= 15 is 0 Å². The fourth-order valence-electron chi connectivity index (χ4n) is 2.63. The average Bonchev–Trinajstić information content (AvgIpc) is 2.81. The van der Waals surface area contributed by atoms with Crippen LogP contribution < -0.4 is 10.5 Å². The van der Waals surface area contributed by atoms with Crippen LogP contribution in [0.25, 0.3) is 0 Å². The smallest absolute Gasteiger partial charge is 0.263 e. The zero-order chi connectivity index (χ0) is 14.7. The summed E-state index contributed by atoms with van der Waals surface area (Å²) in [4.78, 5) is 14.4. The van der Waals surface area contributed by atoms with Gasteiger partial charge in [-0.1, -0.05) is 12.1 Å². The molecule has 1 fully saturated rings. The number of carbonyl (C=O) groups is 1. The molecule has 118 valence electrons. The van der Waals surface area contributed by atoms with E-state index in [2.05, 4.69) is 22.9 Å². The molecule has 0 aliphatic carbocycles. The van der Waals surface area contributed by atoms with Crippen molar-refractivity contribution in [1.29, 1.82) is 0 Å². The van der Waals surface area contributed by atoms with Crippen LogP contribution in [0.3, 0.4) is 0 Å². The standard InChI is InChI=1S/C15H21BrN2O2.ClH/c1-10-7-12(8-17)9-18(10)15(19)11(2)20-14-6-4-3-5-13(14)16;/h3-6,10-12H,7-9,17H2,1-2H3;1H. The monoisotopic (exact) mass is 376 g/mol. The summed E-state index contributed by atoms with van der Waals surface area (Å²) in [5, 5.41) is 0. The number of likely N-dealkylation sites (tertiary alicyclic amines) is 1. The van der Waals surface area contributed by atoms with Crippen LogP contribution in [0.4, 0.5) is 0 Å². The Morgan fingerprint density at radius 2 is 2.19 bits per heavy atom. The van der Waals surface area contributed by atoms with Crippen molar-refractivity contribution in [3.63, 3.8) is 0 Å². The van der Waals surface area contributed by atoms with Crippen LogP contribution in [0.5, 0.6) is 5.75 Å². The molecule has 1 aliphatic heterocycles. The van der Waals surface area contributed by atoms with Gasteiger partial charge in [0, 0.05) is 12.6 Å². The largest absolute Gasteiger partial charge is 0.480 e. The Balaban J connectivity index is 0.00000220. The highest BCUT2D eigenvalue weighted by atomic mass is 79.9. The number of para-hydroxylation sites is 1. The molecule has 3 unspecified atom stereocenters. The normalized spacial score (nSPS) is 22.6. The predicted octanol–water partition coefficient (Wildman–Crippen LogP) is 2.83. The van der Waals surface area contributed by atoms with Gasteiger partial charge in [0.2, 0.25) is 0 Å². The highest BCUT2D eigenvalue weighted by Crippen LogP contribution is 2.27. The minimum absolute atomic E-state index is 0. The number of benzene rings is 1. The van der Waals surface area contributed by atoms with Crippen molar-refractivity contribution in [1.82, 2.24) is 4.90 Å². The Hall–Kier alpha value is -0.780. The highest BCUT2D eigenvalue weighted by molar-refractivity contribution is 9.10. The minimum atomic E-state index is -0.493. The van der Waals surface area contributed by atoms with Crippen LogP contribution in [-0.4, -0.2) is 36.0 Å². The van der Waals surface area contributed by atoms with E-state index in [1.54, 1.807) is 6.92 Å². The van der Waals surface area contributed by atoms with Crippen LogP contribution in [-0.2, 0) is 4.79 Å². The molecule has 2 N–H and O–H groups in total. The van der Waals surface area contributed by atoms with Crippen LogP contribution >= 0.6 is 28.3 Å². The number of hydrogen-bond acceptors (Lipinski definition) is 3. The van der Waals surface area contributed by atoms with Gasteiger partial charge in [-0.05, 0) is 60.8 Å². The minimum Gasteiger partial charge on any atom is -0.480 e. The third-order valence-corrected chi connectivity index (χ3v) is 4.42. The van der Waals surface area contributed by atoms with Gasteiger partial charge in [0.25, 0.3) is 5.91 Å².